The van der Waals surface area contributed by atoms with E-state index in [-0.39, 0.29) is 51.1 Å². The molecular formula is C29H37ClF4N4O4. The van der Waals surface area contributed by atoms with Crippen LogP contribution in [-0.4, -0.2) is 80.0 Å². The summed E-state index contributed by atoms with van der Waals surface area (Å²) in [4.78, 5) is 42.5. The summed E-state index contributed by atoms with van der Waals surface area (Å²) in [7, 11) is 0. The number of fused-ring (bicyclic) bond motifs is 1. The number of aliphatic carboxylic acids is 1. The van der Waals surface area contributed by atoms with Crippen LogP contribution in [0, 0.1) is 23.2 Å². The van der Waals surface area contributed by atoms with Crippen LogP contribution in [0.5, 0.6) is 0 Å². The van der Waals surface area contributed by atoms with E-state index >= 15 is 4.39 Å². The fraction of sp³-hybridized carbons (Fsp3) is 0.793. The zero-order valence-electron chi connectivity index (χ0n) is 23.4. The lowest BCUT2D eigenvalue weighted by molar-refractivity contribution is -0.209. The van der Waals surface area contributed by atoms with E-state index < -0.39 is 58.7 Å². The molecule has 3 saturated carbocycles. The Kier molecular flexibility index (Phi) is 7.75. The third kappa shape index (κ3) is 4.99. The average Bonchev–Trinajstić information content (AvgIpc) is 3.44. The van der Waals surface area contributed by atoms with Gasteiger partial charge in [0.25, 0.3) is 5.91 Å². The van der Waals surface area contributed by atoms with Crippen molar-refractivity contribution in [3.8, 4) is 0 Å². The third-order valence-corrected chi connectivity index (χ3v) is 11.1. The van der Waals surface area contributed by atoms with Crippen LogP contribution in [0.25, 0.3) is 0 Å². The minimum atomic E-state index is -4.46. The Hall–Kier alpha value is -2.37. The maximum Gasteiger partial charge on any atom is 0.394 e. The Morgan fingerprint density at radius 2 is 1.69 bits per heavy atom. The number of carbonyl (C=O) groups is 3. The van der Waals surface area contributed by atoms with E-state index in [4.69, 9.17) is 11.6 Å². The van der Waals surface area contributed by atoms with Gasteiger partial charge >= 0.3 is 18.2 Å². The monoisotopic (exact) mass is 616 g/mol. The van der Waals surface area contributed by atoms with Gasteiger partial charge in [-0.3, -0.25) is 9.59 Å². The van der Waals surface area contributed by atoms with E-state index in [0.717, 1.165) is 17.5 Å². The van der Waals surface area contributed by atoms with Gasteiger partial charge in [0.1, 0.15) is 6.17 Å². The number of rotatable bonds is 4. The number of amides is 2. The molecule has 1 aromatic rings. The summed E-state index contributed by atoms with van der Waals surface area (Å²) in [5.74, 6) is -5.30. The van der Waals surface area contributed by atoms with E-state index in [1.54, 1.807) is 9.80 Å². The van der Waals surface area contributed by atoms with Crippen LogP contribution in [-0.2, 0) is 17.8 Å². The third-order valence-electron chi connectivity index (χ3n) is 10.6. The van der Waals surface area contributed by atoms with Crippen LogP contribution >= 0.6 is 11.6 Å². The first-order valence-corrected chi connectivity index (χ1v) is 15.6. The molecule has 0 bridgehead atoms. The number of carboxylic acids is 1. The zero-order chi connectivity index (χ0) is 30.0. The maximum absolute atomic E-state index is 15.5. The van der Waals surface area contributed by atoms with Crippen LogP contribution in [0.3, 0.4) is 0 Å². The summed E-state index contributed by atoms with van der Waals surface area (Å²) in [5, 5.41) is 13.2. The number of hydrogen-bond donors (Lipinski definition) is 1. The van der Waals surface area contributed by atoms with E-state index in [0.29, 0.717) is 55.8 Å². The molecule has 3 heterocycles. The van der Waals surface area contributed by atoms with E-state index in [9.17, 15) is 32.7 Å². The summed E-state index contributed by atoms with van der Waals surface area (Å²) in [6.07, 6.45) is -2.42. The number of carboxylic acid groups (broad SMARTS) is 1. The molecule has 2 amide bonds. The van der Waals surface area contributed by atoms with E-state index in [1.807, 2.05) is 0 Å². The molecule has 4 fully saturated rings. The predicted molar refractivity (Wildman–Crippen MR) is 144 cm³/mol. The Balaban J connectivity index is 1.37. The highest BCUT2D eigenvalue weighted by atomic mass is 35.5. The highest BCUT2D eigenvalue weighted by molar-refractivity contribution is 6.22. The summed E-state index contributed by atoms with van der Waals surface area (Å²) < 4.78 is 59.5. The first-order valence-electron chi connectivity index (χ1n) is 15.2. The minimum absolute atomic E-state index is 0.0362. The molecule has 6 rings (SSSR count). The molecule has 1 saturated heterocycles. The molecule has 6 unspecified atom stereocenters. The Labute approximate surface area is 246 Å². The second kappa shape index (κ2) is 11.0. The standard InChI is InChI=1S/C29H37ClF4N4O4/c30-20-5-3-4-19(28(9-10-28)29(32,33)34)23(20)25(39)38-22-15-37(27(42)36-11-1-2-12-36)13-8-18(22)24(35-38)17-7-6-16(26(40)41)14-21(17)31/h16-17,19-21,23H,1-15H2,(H,40,41). The maximum atomic E-state index is 15.5. The normalized spacial score (nSPS) is 32.9. The lowest BCUT2D eigenvalue weighted by atomic mass is 9.69. The lowest BCUT2D eigenvalue weighted by Crippen LogP contribution is -2.48. The van der Waals surface area contributed by atoms with Crippen molar-refractivity contribution in [2.24, 2.45) is 23.2 Å². The number of aromatic nitrogens is 2. The smallest absolute Gasteiger partial charge is 0.394 e. The molecule has 5 aliphatic rings. The van der Waals surface area contributed by atoms with Crippen molar-refractivity contribution in [2.75, 3.05) is 19.6 Å². The molecule has 0 radical (unpaired) electrons. The van der Waals surface area contributed by atoms with Gasteiger partial charge in [-0.05, 0) is 70.1 Å². The van der Waals surface area contributed by atoms with E-state index in [1.165, 1.54) is 0 Å². The predicted octanol–water partition coefficient (Wildman–Crippen LogP) is 5.77. The lowest BCUT2D eigenvalue weighted by Gasteiger charge is -2.40. The van der Waals surface area contributed by atoms with Crippen molar-refractivity contribution in [1.29, 1.82) is 0 Å². The average molecular weight is 617 g/mol. The van der Waals surface area contributed by atoms with Gasteiger partial charge in [-0.25, -0.2) is 13.9 Å². The van der Waals surface area contributed by atoms with E-state index in [2.05, 4.69) is 5.10 Å². The van der Waals surface area contributed by atoms with Crippen LogP contribution in [0.4, 0.5) is 22.4 Å². The molecule has 1 N–H and O–H groups in total. The summed E-state index contributed by atoms with van der Waals surface area (Å²) in [6, 6.07) is -0.162. The molecule has 13 heteroatoms. The first kappa shape index (κ1) is 29.7. The highest BCUT2D eigenvalue weighted by Crippen LogP contribution is 2.66. The summed E-state index contributed by atoms with van der Waals surface area (Å²) >= 11 is 6.66. The second-order valence-electron chi connectivity index (χ2n) is 12.9. The number of nitrogens with zero attached hydrogens (tertiary/aromatic N) is 4. The van der Waals surface area contributed by atoms with Crippen LogP contribution in [0.1, 0.15) is 91.9 Å². The van der Waals surface area contributed by atoms with Gasteiger partial charge in [0.05, 0.1) is 35.2 Å². The molecule has 3 aliphatic carbocycles. The molecule has 232 valence electrons. The van der Waals surface area contributed by atoms with Crippen molar-refractivity contribution in [2.45, 2.75) is 101 Å². The van der Waals surface area contributed by atoms with Gasteiger partial charge in [-0.1, -0.05) is 6.42 Å². The number of carbonyl (C=O) groups excluding carboxylic acids is 2. The fourth-order valence-corrected chi connectivity index (χ4v) is 8.51. The Bertz CT molecular complexity index is 1240. The summed E-state index contributed by atoms with van der Waals surface area (Å²) in [5.41, 5.74) is -0.524. The van der Waals surface area contributed by atoms with Gasteiger partial charge in [0, 0.05) is 36.5 Å². The molecule has 42 heavy (non-hydrogen) atoms. The topological polar surface area (TPSA) is 95.7 Å². The van der Waals surface area contributed by atoms with Crippen molar-refractivity contribution in [3.63, 3.8) is 0 Å². The number of urea groups is 1. The molecule has 2 aliphatic heterocycles. The second-order valence-corrected chi connectivity index (χ2v) is 13.5. The van der Waals surface area contributed by atoms with Gasteiger partial charge in [-0.2, -0.15) is 18.3 Å². The molecule has 8 nitrogen and oxygen atoms in total. The SMILES string of the molecule is O=C(O)C1CCC(c2nn(C(=O)C3C(Cl)CCCC3C3(C(F)(F)F)CC3)c3c2CCN(C(=O)N2CCCC2)C3)C(F)C1. The molecule has 1 aromatic heterocycles. The fourth-order valence-electron chi connectivity index (χ4n) is 8.08. The largest absolute Gasteiger partial charge is 0.481 e. The summed E-state index contributed by atoms with van der Waals surface area (Å²) in [6.45, 7) is 1.66. The Morgan fingerprint density at radius 3 is 2.31 bits per heavy atom. The van der Waals surface area contributed by atoms with Crippen LogP contribution in [0.15, 0.2) is 0 Å². The van der Waals surface area contributed by atoms with Gasteiger partial charge in [-0.15, -0.1) is 11.6 Å². The zero-order valence-corrected chi connectivity index (χ0v) is 24.2. The number of likely N-dealkylation sites (tertiary alicyclic amines) is 1. The van der Waals surface area contributed by atoms with Gasteiger partial charge < -0.3 is 14.9 Å². The number of hydrogen-bond acceptors (Lipinski definition) is 4. The van der Waals surface area contributed by atoms with Crippen LogP contribution in [0.2, 0.25) is 0 Å². The number of halogens is 5. The minimum Gasteiger partial charge on any atom is -0.481 e. The molecule has 0 aromatic carbocycles. The van der Waals surface area contributed by atoms with Crippen molar-refractivity contribution in [3.05, 3.63) is 17.0 Å². The van der Waals surface area contributed by atoms with Gasteiger partial charge in [0.15, 0.2) is 0 Å². The highest BCUT2D eigenvalue weighted by Gasteiger charge is 2.69. The Morgan fingerprint density at radius 1 is 0.976 bits per heavy atom. The molecule has 6 atom stereocenters. The van der Waals surface area contributed by atoms with Crippen molar-refractivity contribution in [1.82, 2.24) is 19.6 Å². The molecule has 0 spiro atoms. The molecular weight excluding hydrogens is 580 g/mol. The first-order chi connectivity index (χ1) is 19.9. The van der Waals surface area contributed by atoms with Crippen LogP contribution < -0.4 is 0 Å². The quantitative estimate of drug-likeness (QED) is 0.342. The van der Waals surface area contributed by atoms with Crippen molar-refractivity contribution >= 4 is 29.5 Å². The number of alkyl halides is 5. The van der Waals surface area contributed by atoms with Crippen molar-refractivity contribution < 1.29 is 37.1 Å². The van der Waals surface area contributed by atoms with Gasteiger partial charge in [0.2, 0.25) is 0 Å².